The van der Waals surface area contributed by atoms with Gasteiger partial charge in [0.25, 0.3) is 0 Å². The summed E-state index contributed by atoms with van der Waals surface area (Å²) in [7, 11) is 2.96. The van der Waals surface area contributed by atoms with Crippen LogP contribution in [0.4, 0.5) is 0 Å². The third-order valence-electron chi connectivity index (χ3n) is 4.71. The van der Waals surface area contributed by atoms with Crippen molar-refractivity contribution in [3.05, 3.63) is 60.0 Å². The number of nitriles is 1. The number of hydrogen-bond donors (Lipinski definition) is 1. The standard InChI is InChI=1S/C22H18N4O3/c1-28-16-7-8-18-19(10-16)25-22(24-18)14(11-23)9-15-12-26(13-21(27)29-2)20-6-4-3-5-17(15)20/h3-10,12H,13H2,1-2H3,(H,24,25)/b14-9-. The van der Waals surface area contributed by atoms with Crippen LogP contribution in [0.3, 0.4) is 0 Å². The molecule has 0 amide bonds. The monoisotopic (exact) mass is 386 g/mol. The molecule has 0 spiro atoms. The van der Waals surface area contributed by atoms with Gasteiger partial charge in [-0.3, -0.25) is 4.79 Å². The molecule has 4 rings (SSSR count). The van der Waals surface area contributed by atoms with Gasteiger partial charge in [-0.25, -0.2) is 4.98 Å². The quantitative estimate of drug-likeness (QED) is 0.416. The van der Waals surface area contributed by atoms with Crippen LogP contribution in [-0.2, 0) is 16.1 Å². The number of nitrogens with zero attached hydrogens (tertiary/aromatic N) is 3. The molecule has 7 nitrogen and oxygen atoms in total. The number of ether oxygens (including phenoxy) is 2. The highest BCUT2D eigenvalue weighted by Crippen LogP contribution is 2.27. The summed E-state index contributed by atoms with van der Waals surface area (Å²) in [5.41, 5.74) is 3.62. The fraction of sp³-hybridized carbons (Fsp3) is 0.136. The highest BCUT2D eigenvalue weighted by molar-refractivity contribution is 5.98. The molecule has 144 valence electrons. The number of H-pyrrole nitrogens is 1. The molecule has 0 unspecified atom stereocenters. The van der Waals surface area contributed by atoms with Crippen molar-refractivity contribution in [3.8, 4) is 11.8 Å². The van der Waals surface area contributed by atoms with Crippen molar-refractivity contribution >= 4 is 39.6 Å². The van der Waals surface area contributed by atoms with Gasteiger partial charge < -0.3 is 19.0 Å². The largest absolute Gasteiger partial charge is 0.497 e. The summed E-state index contributed by atoms with van der Waals surface area (Å²) in [6, 6.07) is 15.4. The van der Waals surface area contributed by atoms with Crippen LogP contribution in [0.1, 0.15) is 11.4 Å². The topological polar surface area (TPSA) is 92.9 Å². The molecular formula is C22H18N4O3. The van der Waals surface area contributed by atoms with Gasteiger partial charge in [0, 0.05) is 28.7 Å². The second-order valence-electron chi connectivity index (χ2n) is 6.44. The van der Waals surface area contributed by atoms with Crippen molar-refractivity contribution in [2.75, 3.05) is 14.2 Å². The first-order valence-electron chi connectivity index (χ1n) is 8.93. The molecule has 0 atom stereocenters. The van der Waals surface area contributed by atoms with E-state index in [4.69, 9.17) is 9.47 Å². The Morgan fingerprint density at radius 1 is 1.28 bits per heavy atom. The summed E-state index contributed by atoms with van der Waals surface area (Å²) < 4.78 is 11.8. The molecule has 0 fully saturated rings. The van der Waals surface area contributed by atoms with Gasteiger partial charge in [0.15, 0.2) is 0 Å². The number of hydrogen-bond acceptors (Lipinski definition) is 5. The number of carbonyl (C=O) groups is 1. The van der Waals surface area contributed by atoms with Crippen LogP contribution in [0.5, 0.6) is 5.75 Å². The molecule has 0 aliphatic heterocycles. The number of nitrogens with one attached hydrogen (secondary N) is 1. The molecule has 0 aliphatic rings. The van der Waals surface area contributed by atoms with Crippen molar-refractivity contribution in [1.82, 2.24) is 14.5 Å². The van der Waals surface area contributed by atoms with Crippen molar-refractivity contribution in [1.29, 1.82) is 5.26 Å². The van der Waals surface area contributed by atoms with Crippen LogP contribution < -0.4 is 4.74 Å². The van der Waals surface area contributed by atoms with Crippen LogP contribution in [0.15, 0.2) is 48.7 Å². The zero-order valence-electron chi connectivity index (χ0n) is 16.0. The van der Waals surface area contributed by atoms with E-state index in [1.165, 1.54) is 7.11 Å². The second-order valence-corrected chi connectivity index (χ2v) is 6.44. The number of methoxy groups -OCH3 is 2. The lowest BCUT2D eigenvalue weighted by atomic mass is 10.1. The predicted molar refractivity (Wildman–Crippen MR) is 110 cm³/mol. The Bertz CT molecular complexity index is 1290. The van der Waals surface area contributed by atoms with Gasteiger partial charge in [0.1, 0.15) is 24.2 Å². The van der Waals surface area contributed by atoms with Gasteiger partial charge >= 0.3 is 5.97 Å². The third-order valence-corrected chi connectivity index (χ3v) is 4.71. The predicted octanol–water partition coefficient (Wildman–Crippen LogP) is 3.76. The van der Waals surface area contributed by atoms with E-state index in [2.05, 4.69) is 16.0 Å². The summed E-state index contributed by atoms with van der Waals surface area (Å²) >= 11 is 0. The molecule has 0 radical (unpaired) electrons. The van der Waals surface area contributed by atoms with E-state index in [-0.39, 0.29) is 12.5 Å². The summed E-state index contributed by atoms with van der Waals surface area (Å²) in [6.07, 6.45) is 3.61. The van der Waals surface area contributed by atoms with Gasteiger partial charge in [-0.05, 0) is 24.3 Å². The number of benzene rings is 2. The van der Waals surface area contributed by atoms with Gasteiger partial charge in [-0.2, -0.15) is 5.26 Å². The summed E-state index contributed by atoms with van der Waals surface area (Å²) in [5, 5.41) is 10.7. The Balaban J connectivity index is 1.80. The second kappa shape index (κ2) is 7.52. The minimum Gasteiger partial charge on any atom is -0.497 e. The number of aromatic amines is 1. The molecule has 7 heteroatoms. The first-order valence-corrected chi connectivity index (χ1v) is 8.93. The minimum atomic E-state index is -0.340. The number of allylic oxidation sites excluding steroid dienone is 1. The highest BCUT2D eigenvalue weighted by atomic mass is 16.5. The van der Waals surface area contributed by atoms with Crippen molar-refractivity contribution in [3.63, 3.8) is 0 Å². The van der Waals surface area contributed by atoms with E-state index in [9.17, 15) is 10.1 Å². The Kier molecular flexibility index (Phi) is 4.75. The number of rotatable bonds is 5. The van der Waals surface area contributed by atoms with E-state index in [0.29, 0.717) is 17.1 Å². The third kappa shape index (κ3) is 3.44. The first-order chi connectivity index (χ1) is 14.1. The summed E-state index contributed by atoms with van der Waals surface area (Å²) in [6.45, 7) is 0.0944. The first kappa shape index (κ1) is 18.3. The lowest BCUT2D eigenvalue weighted by molar-refractivity contribution is -0.141. The maximum atomic E-state index is 11.7. The molecule has 1 N–H and O–H groups in total. The Labute approximate surface area is 166 Å². The van der Waals surface area contributed by atoms with E-state index < -0.39 is 0 Å². The van der Waals surface area contributed by atoms with E-state index in [1.807, 2.05) is 53.2 Å². The lowest BCUT2D eigenvalue weighted by Crippen LogP contribution is -2.10. The fourth-order valence-corrected chi connectivity index (χ4v) is 3.28. The zero-order valence-corrected chi connectivity index (χ0v) is 16.0. The van der Waals surface area contributed by atoms with Crippen LogP contribution in [0.2, 0.25) is 0 Å². The Morgan fingerprint density at radius 2 is 2.10 bits per heavy atom. The molecule has 2 heterocycles. The van der Waals surface area contributed by atoms with Gasteiger partial charge in [0.05, 0.1) is 30.8 Å². The number of aromatic nitrogens is 3. The van der Waals surface area contributed by atoms with Gasteiger partial charge in [-0.1, -0.05) is 18.2 Å². The maximum absolute atomic E-state index is 11.7. The van der Waals surface area contributed by atoms with Crippen molar-refractivity contribution in [2.45, 2.75) is 6.54 Å². The zero-order chi connectivity index (χ0) is 20.4. The fourth-order valence-electron chi connectivity index (χ4n) is 3.28. The lowest BCUT2D eigenvalue weighted by Gasteiger charge is -2.02. The summed E-state index contributed by atoms with van der Waals surface area (Å²) in [5.74, 6) is 0.842. The summed E-state index contributed by atoms with van der Waals surface area (Å²) in [4.78, 5) is 19.4. The highest BCUT2D eigenvalue weighted by Gasteiger charge is 2.13. The average Bonchev–Trinajstić information content (AvgIpc) is 3.32. The number of para-hydroxylation sites is 1. The molecule has 2 aromatic heterocycles. The molecular weight excluding hydrogens is 368 g/mol. The average molecular weight is 386 g/mol. The van der Waals surface area contributed by atoms with E-state index in [1.54, 1.807) is 13.2 Å². The number of imidazole rings is 1. The number of fused-ring (bicyclic) bond motifs is 2. The van der Waals surface area contributed by atoms with Crippen LogP contribution >= 0.6 is 0 Å². The molecule has 0 saturated carbocycles. The number of carbonyl (C=O) groups excluding carboxylic acids is 1. The van der Waals surface area contributed by atoms with Crippen LogP contribution in [0.25, 0.3) is 33.6 Å². The van der Waals surface area contributed by atoms with Crippen molar-refractivity contribution in [2.24, 2.45) is 0 Å². The smallest absolute Gasteiger partial charge is 0.325 e. The van der Waals surface area contributed by atoms with Crippen molar-refractivity contribution < 1.29 is 14.3 Å². The maximum Gasteiger partial charge on any atom is 0.325 e. The van der Waals surface area contributed by atoms with Gasteiger partial charge in [-0.15, -0.1) is 0 Å². The molecule has 0 aliphatic carbocycles. The molecule has 0 saturated heterocycles. The van der Waals surface area contributed by atoms with Crippen LogP contribution in [0, 0.1) is 11.3 Å². The molecule has 29 heavy (non-hydrogen) atoms. The molecule has 4 aromatic rings. The molecule has 2 aromatic carbocycles. The SMILES string of the molecule is COC(=O)Cn1cc(/C=C(/C#N)c2nc3ccc(OC)cc3[nH]2)c2ccccc21. The normalized spacial score (nSPS) is 11.6. The van der Waals surface area contributed by atoms with E-state index >= 15 is 0 Å². The Hall–Kier alpha value is -4.05. The minimum absolute atomic E-state index is 0.0944. The van der Waals surface area contributed by atoms with Gasteiger partial charge in [0.2, 0.25) is 0 Å². The Morgan fingerprint density at radius 3 is 2.86 bits per heavy atom. The van der Waals surface area contributed by atoms with Crippen LogP contribution in [-0.4, -0.2) is 34.7 Å². The van der Waals surface area contributed by atoms with E-state index in [0.717, 1.165) is 27.5 Å². The number of esters is 1. The molecule has 0 bridgehead atoms.